The van der Waals surface area contributed by atoms with Gasteiger partial charge >= 0.3 is 0 Å². The van der Waals surface area contributed by atoms with E-state index in [0.717, 1.165) is 6.07 Å². The first-order valence-corrected chi connectivity index (χ1v) is 10.2. The summed E-state index contributed by atoms with van der Waals surface area (Å²) in [6.07, 6.45) is 0. The molecule has 0 aliphatic rings. The van der Waals surface area contributed by atoms with Crippen molar-refractivity contribution in [2.24, 2.45) is 0 Å². The van der Waals surface area contributed by atoms with Gasteiger partial charge in [-0.05, 0) is 48.5 Å². The number of carbonyl (C=O) groups excluding carboxylic acids is 3. The molecule has 3 aromatic rings. The minimum atomic E-state index is -1.72. The van der Waals surface area contributed by atoms with Gasteiger partial charge in [-0.2, -0.15) is 0 Å². The van der Waals surface area contributed by atoms with Gasteiger partial charge in [-0.1, -0.05) is 23.7 Å². The van der Waals surface area contributed by atoms with E-state index in [1.807, 2.05) is 5.32 Å². The van der Waals surface area contributed by atoms with Gasteiger partial charge in [0.1, 0.15) is 0 Å². The van der Waals surface area contributed by atoms with Gasteiger partial charge in [-0.15, -0.1) is 0 Å². The smallest absolute Gasteiger partial charge is 0.257 e. The van der Waals surface area contributed by atoms with E-state index in [4.69, 9.17) is 11.6 Å². The van der Waals surface area contributed by atoms with Crippen LogP contribution in [0.5, 0.6) is 0 Å². The highest BCUT2D eigenvalue weighted by molar-refractivity contribution is 6.30. The molecule has 176 valence electrons. The Morgan fingerprint density at radius 1 is 0.735 bits per heavy atom. The first-order valence-electron chi connectivity index (χ1n) is 9.84. The lowest BCUT2D eigenvalue weighted by Crippen LogP contribution is -2.36. The minimum absolute atomic E-state index is 0.275. The normalized spacial score (nSPS) is 10.4. The van der Waals surface area contributed by atoms with Crippen LogP contribution in [0.4, 0.5) is 30.2 Å². The Morgan fingerprint density at radius 2 is 1.44 bits per heavy atom. The van der Waals surface area contributed by atoms with Crippen molar-refractivity contribution in [2.45, 2.75) is 0 Å². The van der Waals surface area contributed by atoms with Crippen molar-refractivity contribution in [3.05, 3.63) is 88.7 Å². The number of carbonyl (C=O) groups is 3. The maximum atomic E-state index is 13.6. The molecule has 3 amide bonds. The van der Waals surface area contributed by atoms with Crippen LogP contribution in [0.25, 0.3) is 0 Å². The van der Waals surface area contributed by atoms with Crippen molar-refractivity contribution in [1.82, 2.24) is 5.32 Å². The highest BCUT2D eigenvalue weighted by Gasteiger charge is 2.16. The molecule has 34 heavy (non-hydrogen) atoms. The summed E-state index contributed by atoms with van der Waals surface area (Å²) in [7, 11) is 0. The fourth-order valence-corrected chi connectivity index (χ4v) is 2.93. The van der Waals surface area contributed by atoms with Gasteiger partial charge in [0, 0.05) is 16.4 Å². The Labute approximate surface area is 197 Å². The minimum Gasteiger partial charge on any atom is -0.376 e. The van der Waals surface area contributed by atoms with Crippen LogP contribution in [0.2, 0.25) is 5.02 Å². The van der Waals surface area contributed by atoms with Gasteiger partial charge in [-0.3, -0.25) is 14.4 Å². The molecule has 0 saturated carbocycles. The summed E-state index contributed by atoms with van der Waals surface area (Å²) in [5, 5.41) is 10.4. The zero-order valence-corrected chi connectivity index (χ0v) is 18.2. The number of hydrogen-bond donors (Lipinski definition) is 4. The Balaban J connectivity index is 1.52. The van der Waals surface area contributed by atoms with Crippen LogP contribution in [0.1, 0.15) is 10.4 Å². The molecule has 0 saturated heterocycles. The first kappa shape index (κ1) is 24.6. The van der Waals surface area contributed by atoms with Crippen molar-refractivity contribution in [3.63, 3.8) is 0 Å². The standard InChI is InChI=1S/C23H18ClF3N4O3/c24-13-5-7-14(8-6-13)30-23(34)15-3-1-2-4-17(15)28-11-19(32)29-12-20(33)31-18-10-9-16(25)21(26)22(18)27/h1-10,28H,11-12H2,(H,29,32)(H,30,34)(H,31,33). The number of benzene rings is 3. The third-order valence-corrected chi connectivity index (χ3v) is 4.72. The second kappa shape index (κ2) is 11.2. The molecule has 0 bridgehead atoms. The molecule has 0 aliphatic carbocycles. The molecule has 0 spiro atoms. The van der Waals surface area contributed by atoms with Crippen molar-refractivity contribution >= 4 is 46.4 Å². The summed E-state index contributed by atoms with van der Waals surface area (Å²) in [5.74, 6) is -6.52. The summed E-state index contributed by atoms with van der Waals surface area (Å²) in [5.41, 5.74) is 0.622. The highest BCUT2D eigenvalue weighted by Crippen LogP contribution is 2.20. The third kappa shape index (κ3) is 6.48. The zero-order valence-electron chi connectivity index (χ0n) is 17.4. The zero-order chi connectivity index (χ0) is 24.7. The van der Waals surface area contributed by atoms with Crippen LogP contribution in [-0.4, -0.2) is 30.8 Å². The van der Waals surface area contributed by atoms with E-state index in [1.165, 1.54) is 0 Å². The number of amides is 3. The van der Waals surface area contributed by atoms with E-state index in [1.54, 1.807) is 48.5 Å². The largest absolute Gasteiger partial charge is 0.376 e. The van der Waals surface area contributed by atoms with Gasteiger partial charge in [0.2, 0.25) is 11.8 Å². The summed E-state index contributed by atoms with van der Waals surface area (Å²) in [6.45, 7) is -0.824. The van der Waals surface area contributed by atoms with E-state index in [0.29, 0.717) is 22.5 Å². The predicted octanol–water partition coefficient (Wildman–Crippen LogP) is 4.18. The summed E-state index contributed by atoms with van der Waals surface area (Å²) >= 11 is 5.83. The number of halogens is 4. The first-order chi connectivity index (χ1) is 16.2. The van der Waals surface area contributed by atoms with E-state index >= 15 is 0 Å². The van der Waals surface area contributed by atoms with Gasteiger partial charge < -0.3 is 21.3 Å². The highest BCUT2D eigenvalue weighted by atomic mass is 35.5. The molecular weight excluding hydrogens is 473 g/mol. The second-order valence-corrected chi connectivity index (χ2v) is 7.34. The van der Waals surface area contributed by atoms with Crippen LogP contribution in [0.15, 0.2) is 60.7 Å². The number of para-hydroxylation sites is 1. The Kier molecular flexibility index (Phi) is 8.10. The molecule has 0 heterocycles. The number of anilines is 3. The molecule has 0 radical (unpaired) electrons. The molecule has 3 rings (SSSR count). The fraction of sp³-hybridized carbons (Fsp3) is 0.0870. The van der Waals surface area contributed by atoms with Crippen LogP contribution in [-0.2, 0) is 9.59 Å². The molecule has 11 heteroatoms. The lowest BCUT2D eigenvalue weighted by atomic mass is 10.1. The summed E-state index contributed by atoms with van der Waals surface area (Å²) < 4.78 is 39.8. The van der Waals surface area contributed by atoms with Crippen LogP contribution in [0, 0.1) is 17.5 Å². The third-order valence-electron chi connectivity index (χ3n) is 4.47. The van der Waals surface area contributed by atoms with Crippen molar-refractivity contribution in [1.29, 1.82) is 0 Å². The van der Waals surface area contributed by atoms with Crippen LogP contribution >= 0.6 is 11.6 Å². The average molecular weight is 491 g/mol. The number of hydrogen-bond acceptors (Lipinski definition) is 4. The molecule has 0 aromatic heterocycles. The van der Waals surface area contributed by atoms with E-state index in [-0.39, 0.29) is 12.1 Å². The number of nitrogens with one attached hydrogen (secondary N) is 4. The monoisotopic (exact) mass is 490 g/mol. The SMILES string of the molecule is O=C(CNc1ccccc1C(=O)Nc1ccc(Cl)cc1)NCC(=O)Nc1ccc(F)c(F)c1F. The maximum absolute atomic E-state index is 13.6. The summed E-state index contributed by atoms with van der Waals surface area (Å²) in [6, 6.07) is 14.6. The number of rotatable bonds is 8. The molecule has 0 atom stereocenters. The van der Waals surface area contributed by atoms with Crippen molar-refractivity contribution in [3.8, 4) is 0 Å². The van der Waals surface area contributed by atoms with E-state index in [9.17, 15) is 27.6 Å². The molecular formula is C23H18ClF3N4O3. The second-order valence-electron chi connectivity index (χ2n) is 6.91. The van der Waals surface area contributed by atoms with Crippen molar-refractivity contribution in [2.75, 3.05) is 29.0 Å². The van der Waals surface area contributed by atoms with Crippen LogP contribution in [0.3, 0.4) is 0 Å². The van der Waals surface area contributed by atoms with E-state index < -0.39 is 47.4 Å². The van der Waals surface area contributed by atoms with Gasteiger partial charge in [0.05, 0.1) is 24.3 Å². The lowest BCUT2D eigenvalue weighted by Gasteiger charge is -2.13. The predicted molar refractivity (Wildman–Crippen MR) is 122 cm³/mol. The molecule has 4 N–H and O–H groups in total. The topological polar surface area (TPSA) is 99.3 Å². The quantitative estimate of drug-likeness (QED) is 0.356. The van der Waals surface area contributed by atoms with Crippen LogP contribution < -0.4 is 21.3 Å². The van der Waals surface area contributed by atoms with Gasteiger partial charge in [-0.25, -0.2) is 13.2 Å². The fourth-order valence-electron chi connectivity index (χ4n) is 2.80. The summed E-state index contributed by atoms with van der Waals surface area (Å²) in [4.78, 5) is 36.6. The molecule has 0 aliphatic heterocycles. The Morgan fingerprint density at radius 3 is 2.18 bits per heavy atom. The van der Waals surface area contributed by atoms with Gasteiger partial charge in [0.25, 0.3) is 5.91 Å². The van der Waals surface area contributed by atoms with Crippen molar-refractivity contribution < 1.29 is 27.6 Å². The van der Waals surface area contributed by atoms with Gasteiger partial charge in [0.15, 0.2) is 17.5 Å². The molecule has 0 fully saturated rings. The Bertz CT molecular complexity index is 1220. The maximum Gasteiger partial charge on any atom is 0.257 e. The average Bonchev–Trinajstić information content (AvgIpc) is 2.83. The molecule has 7 nitrogen and oxygen atoms in total. The molecule has 3 aromatic carbocycles. The Hall–Kier alpha value is -4.05. The van der Waals surface area contributed by atoms with E-state index in [2.05, 4.69) is 16.0 Å². The molecule has 0 unspecified atom stereocenters. The lowest BCUT2D eigenvalue weighted by molar-refractivity contribution is -0.122.